The van der Waals surface area contributed by atoms with Gasteiger partial charge in [0.15, 0.2) is 0 Å². The van der Waals surface area contributed by atoms with Crippen molar-refractivity contribution in [3.05, 3.63) is 18.2 Å². The molecule has 2 heterocycles. The van der Waals surface area contributed by atoms with Gasteiger partial charge >= 0.3 is 0 Å². The smallest absolute Gasteiger partial charge is 0.0951 e. The zero-order chi connectivity index (χ0) is 15.4. The van der Waals surface area contributed by atoms with E-state index in [0.717, 1.165) is 12.5 Å². The van der Waals surface area contributed by atoms with Gasteiger partial charge in [0.05, 0.1) is 18.1 Å². The normalized spacial score (nSPS) is 19.6. The molecule has 1 aliphatic heterocycles. The molecule has 0 aromatic carbocycles. The van der Waals surface area contributed by atoms with Crippen molar-refractivity contribution in [1.29, 1.82) is 0 Å². The van der Waals surface area contributed by atoms with Gasteiger partial charge in [0.1, 0.15) is 0 Å². The molecule has 0 amide bonds. The van der Waals surface area contributed by atoms with Crippen molar-refractivity contribution in [2.24, 2.45) is 11.7 Å². The highest BCUT2D eigenvalue weighted by Crippen LogP contribution is 2.24. The van der Waals surface area contributed by atoms with E-state index >= 15 is 0 Å². The van der Waals surface area contributed by atoms with Gasteiger partial charge in [-0.1, -0.05) is 0 Å². The summed E-state index contributed by atoms with van der Waals surface area (Å²) >= 11 is 0. The molecular formula is C16H31N5. The lowest BCUT2D eigenvalue weighted by Gasteiger charge is -2.35. The van der Waals surface area contributed by atoms with Crippen LogP contribution in [0.3, 0.4) is 0 Å². The SMILES string of the molecule is CC(C)n1cncc1C(CN)N(C)CC1CCN(C)CC1. The molecular weight excluding hydrogens is 262 g/mol. The van der Waals surface area contributed by atoms with E-state index in [9.17, 15) is 0 Å². The Balaban J connectivity index is 2.01. The quantitative estimate of drug-likeness (QED) is 0.868. The highest BCUT2D eigenvalue weighted by molar-refractivity contribution is 5.07. The minimum atomic E-state index is 0.259. The van der Waals surface area contributed by atoms with Crippen LogP contribution in [0, 0.1) is 5.92 Å². The molecule has 0 bridgehead atoms. The van der Waals surface area contributed by atoms with Gasteiger partial charge < -0.3 is 15.2 Å². The topological polar surface area (TPSA) is 50.3 Å². The second-order valence-corrected chi connectivity index (χ2v) is 6.76. The van der Waals surface area contributed by atoms with Gasteiger partial charge in [0.25, 0.3) is 0 Å². The maximum Gasteiger partial charge on any atom is 0.0951 e. The largest absolute Gasteiger partial charge is 0.331 e. The van der Waals surface area contributed by atoms with Crippen molar-refractivity contribution in [3.8, 4) is 0 Å². The van der Waals surface area contributed by atoms with Crippen molar-refractivity contribution < 1.29 is 0 Å². The number of aromatic nitrogens is 2. The van der Waals surface area contributed by atoms with E-state index in [2.05, 4.69) is 47.3 Å². The van der Waals surface area contributed by atoms with Gasteiger partial charge in [-0.2, -0.15) is 0 Å². The Morgan fingerprint density at radius 1 is 1.38 bits per heavy atom. The van der Waals surface area contributed by atoms with E-state index in [1.807, 2.05) is 12.5 Å². The molecule has 0 aliphatic carbocycles. The molecule has 1 saturated heterocycles. The van der Waals surface area contributed by atoms with Gasteiger partial charge in [-0.05, 0) is 59.8 Å². The maximum atomic E-state index is 6.07. The van der Waals surface area contributed by atoms with Crippen LogP contribution in [-0.4, -0.2) is 59.6 Å². The molecule has 1 aromatic heterocycles. The number of rotatable bonds is 6. The van der Waals surface area contributed by atoms with E-state index in [0.29, 0.717) is 12.6 Å². The Hall–Kier alpha value is -0.910. The predicted octanol–water partition coefficient (Wildman–Crippen LogP) is 1.74. The zero-order valence-electron chi connectivity index (χ0n) is 14.0. The lowest BCUT2D eigenvalue weighted by Crippen LogP contribution is -2.39. The molecule has 1 aliphatic rings. The molecule has 0 spiro atoms. The van der Waals surface area contributed by atoms with Crippen LogP contribution in [0.15, 0.2) is 12.5 Å². The number of nitrogens with zero attached hydrogens (tertiary/aromatic N) is 4. The minimum Gasteiger partial charge on any atom is -0.331 e. The number of likely N-dealkylation sites (tertiary alicyclic amines) is 1. The Labute approximate surface area is 129 Å². The number of likely N-dealkylation sites (N-methyl/N-ethyl adjacent to an activating group) is 1. The lowest BCUT2D eigenvalue weighted by atomic mass is 9.96. The van der Waals surface area contributed by atoms with Crippen LogP contribution in [0.2, 0.25) is 0 Å². The monoisotopic (exact) mass is 293 g/mol. The summed E-state index contributed by atoms with van der Waals surface area (Å²) in [6, 6.07) is 0.683. The molecule has 2 rings (SSSR count). The third-order valence-corrected chi connectivity index (χ3v) is 4.73. The second kappa shape index (κ2) is 7.38. The van der Waals surface area contributed by atoms with Crippen LogP contribution in [0.5, 0.6) is 0 Å². The van der Waals surface area contributed by atoms with Crippen LogP contribution < -0.4 is 5.73 Å². The van der Waals surface area contributed by atoms with Crippen molar-refractivity contribution in [2.75, 3.05) is 40.3 Å². The number of hydrogen-bond donors (Lipinski definition) is 1. The maximum absolute atomic E-state index is 6.07. The summed E-state index contributed by atoms with van der Waals surface area (Å²) in [5.41, 5.74) is 7.31. The first-order valence-corrected chi connectivity index (χ1v) is 8.13. The fourth-order valence-electron chi connectivity index (χ4n) is 3.31. The number of imidazole rings is 1. The van der Waals surface area contributed by atoms with Crippen LogP contribution in [0.4, 0.5) is 0 Å². The first-order valence-electron chi connectivity index (χ1n) is 8.13. The first kappa shape index (κ1) is 16.5. The van der Waals surface area contributed by atoms with Crippen molar-refractivity contribution >= 4 is 0 Å². The summed E-state index contributed by atoms with van der Waals surface area (Å²) in [5.74, 6) is 0.788. The van der Waals surface area contributed by atoms with E-state index in [4.69, 9.17) is 5.73 Å². The minimum absolute atomic E-state index is 0.259. The van der Waals surface area contributed by atoms with E-state index < -0.39 is 0 Å². The van der Waals surface area contributed by atoms with Gasteiger partial charge in [-0.15, -0.1) is 0 Å². The highest BCUT2D eigenvalue weighted by Gasteiger charge is 2.24. The number of piperidine rings is 1. The Kier molecular flexibility index (Phi) is 5.79. The average molecular weight is 293 g/mol. The second-order valence-electron chi connectivity index (χ2n) is 6.76. The summed E-state index contributed by atoms with van der Waals surface area (Å²) in [4.78, 5) is 9.17. The van der Waals surface area contributed by atoms with E-state index in [-0.39, 0.29) is 6.04 Å². The van der Waals surface area contributed by atoms with Crippen LogP contribution in [-0.2, 0) is 0 Å². The van der Waals surface area contributed by atoms with Gasteiger partial charge in [0, 0.05) is 25.3 Å². The Bertz CT molecular complexity index is 420. The molecule has 0 saturated carbocycles. The molecule has 5 nitrogen and oxygen atoms in total. The molecule has 1 unspecified atom stereocenters. The molecule has 1 fully saturated rings. The number of hydrogen-bond acceptors (Lipinski definition) is 4. The summed E-state index contributed by atoms with van der Waals surface area (Å²) in [6.07, 6.45) is 6.48. The van der Waals surface area contributed by atoms with Gasteiger partial charge in [-0.25, -0.2) is 4.98 Å². The molecule has 5 heteroatoms. The highest BCUT2D eigenvalue weighted by atomic mass is 15.2. The first-order chi connectivity index (χ1) is 10.0. The molecule has 120 valence electrons. The van der Waals surface area contributed by atoms with E-state index in [1.54, 1.807) is 0 Å². The summed E-state index contributed by atoms with van der Waals surface area (Å²) in [6.45, 7) is 8.58. The predicted molar refractivity (Wildman–Crippen MR) is 87.3 cm³/mol. The third kappa shape index (κ3) is 4.05. The fourth-order valence-corrected chi connectivity index (χ4v) is 3.31. The van der Waals surface area contributed by atoms with Gasteiger partial charge in [0.2, 0.25) is 0 Å². The molecule has 1 aromatic rings. The van der Waals surface area contributed by atoms with Crippen molar-refractivity contribution in [3.63, 3.8) is 0 Å². The Morgan fingerprint density at radius 3 is 2.62 bits per heavy atom. The Morgan fingerprint density at radius 2 is 2.05 bits per heavy atom. The summed E-state index contributed by atoms with van der Waals surface area (Å²) < 4.78 is 2.24. The van der Waals surface area contributed by atoms with Crippen molar-refractivity contribution in [2.45, 2.75) is 38.8 Å². The van der Waals surface area contributed by atoms with Crippen LogP contribution >= 0.6 is 0 Å². The lowest BCUT2D eigenvalue weighted by molar-refractivity contribution is 0.148. The fraction of sp³-hybridized carbons (Fsp3) is 0.812. The zero-order valence-corrected chi connectivity index (χ0v) is 14.0. The average Bonchev–Trinajstić information content (AvgIpc) is 2.91. The van der Waals surface area contributed by atoms with E-state index in [1.165, 1.54) is 31.6 Å². The van der Waals surface area contributed by atoms with Crippen molar-refractivity contribution in [1.82, 2.24) is 19.4 Å². The molecule has 1 atom stereocenters. The summed E-state index contributed by atoms with van der Waals surface area (Å²) in [7, 11) is 4.41. The van der Waals surface area contributed by atoms with Crippen LogP contribution in [0.1, 0.15) is 44.5 Å². The summed E-state index contributed by atoms with van der Waals surface area (Å²) in [5, 5.41) is 0. The molecule has 21 heavy (non-hydrogen) atoms. The third-order valence-electron chi connectivity index (χ3n) is 4.73. The molecule has 2 N–H and O–H groups in total. The standard InChI is InChI=1S/C16H31N5/c1-13(2)21-12-18-10-16(21)15(9-17)20(4)11-14-5-7-19(3)8-6-14/h10,12-15H,5-9,11,17H2,1-4H3. The molecule has 0 radical (unpaired) electrons. The van der Waals surface area contributed by atoms with Gasteiger partial charge in [-0.3, -0.25) is 4.90 Å². The number of nitrogens with two attached hydrogens (primary N) is 1. The van der Waals surface area contributed by atoms with Crippen LogP contribution in [0.25, 0.3) is 0 Å².